The molecule has 5 heteroatoms. The molecule has 0 aliphatic heterocycles. The highest BCUT2D eigenvalue weighted by atomic mass is 19.1. The van der Waals surface area contributed by atoms with Crippen LogP contribution < -0.4 is 0 Å². The number of aryl methyl sites for hydroxylation is 1. The van der Waals surface area contributed by atoms with Crippen LogP contribution in [-0.4, -0.2) is 26.9 Å². The van der Waals surface area contributed by atoms with Gasteiger partial charge in [-0.05, 0) is 43.2 Å². The minimum Gasteiger partial charge on any atom is -0.331 e. The first-order valence-corrected chi connectivity index (χ1v) is 9.13. The number of halogens is 1. The summed E-state index contributed by atoms with van der Waals surface area (Å²) in [5, 5.41) is 0. The molecule has 0 atom stereocenters. The van der Waals surface area contributed by atoms with Crippen molar-refractivity contribution >= 4 is 16.9 Å². The Balaban J connectivity index is 1.96. The maximum absolute atomic E-state index is 13.7. The molecule has 0 fully saturated rings. The third kappa shape index (κ3) is 3.77. The molecule has 0 saturated carbocycles. The summed E-state index contributed by atoms with van der Waals surface area (Å²) in [6, 6.07) is 13.9. The van der Waals surface area contributed by atoms with Gasteiger partial charge in [-0.15, -0.1) is 0 Å². The smallest absolute Gasteiger partial charge is 0.254 e. The zero-order chi connectivity index (χ0) is 18.5. The molecule has 0 unspecified atom stereocenters. The van der Waals surface area contributed by atoms with E-state index in [-0.39, 0.29) is 11.7 Å². The maximum atomic E-state index is 13.7. The Labute approximate surface area is 153 Å². The molecule has 0 radical (unpaired) electrons. The standard InChI is InChI=1S/C21H24FN3O/c1-3-12-24(21(26)16-8-6-5-7-9-16)15-20-23-18-11-10-17(22)14-19(18)25(20)13-4-2/h5-11,14H,3-4,12-13,15H2,1-2H3. The first-order chi connectivity index (χ1) is 12.6. The second-order valence-electron chi connectivity index (χ2n) is 6.41. The van der Waals surface area contributed by atoms with Gasteiger partial charge in [-0.1, -0.05) is 32.0 Å². The van der Waals surface area contributed by atoms with Crippen molar-refractivity contribution in [2.45, 2.75) is 39.8 Å². The lowest BCUT2D eigenvalue weighted by Gasteiger charge is -2.22. The van der Waals surface area contributed by atoms with Crippen molar-refractivity contribution in [2.75, 3.05) is 6.54 Å². The average molecular weight is 353 g/mol. The van der Waals surface area contributed by atoms with E-state index in [0.717, 1.165) is 36.2 Å². The van der Waals surface area contributed by atoms with Crippen LogP contribution in [0.15, 0.2) is 48.5 Å². The molecule has 0 aliphatic carbocycles. The summed E-state index contributed by atoms with van der Waals surface area (Å²) in [7, 11) is 0. The summed E-state index contributed by atoms with van der Waals surface area (Å²) >= 11 is 0. The fourth-order valence-corrected chi connectivity index (χ4v) is 3.20. The quantitative estimate of drug-likeness (QED) is 0.621. The predicted molar refractivity (Wildman–Crippen MR) is 101 cm³/mol. The number of fused-ring (bicyclic) bond motifs is 1. The van der Waals surface area contributed by atoms with Gasteiger partial charge in [0.2, 0.25) is 0 Å². The molecule has 0 spiro atoms. The molecular weight excluding hydrogens is 329 g/mol. The second kappa shape index (κ2) is 8.13. The zero-order valence-electron chi connectivity index (χ0n) is 15.3. The highest BCUT2D eigenvalue weighted by Gasteiger charge is 2.19. The first kappa shape index (κ1) is 18.1. The number of imidazole rings is 1. The van der Waals surface area contributed by atoms with Gasteiger partial charge in [-0.25, -0.2) is 9.37 Å². The van der Waals surface area contributed by atoms with E-state index in [1.165, 1.54) is 12.1 Å². The summed E-state index contributed by atoms with van der Waals surface area (Å²) in [4.78, 5) is 19.4. The van der Waals surface area contributed by atoms with Crippen molar-refractivity contribution in [1.82, 2.24) is 14.5 Å². The summed E-state index contributed by atoms with van der Waals surface area (Å²) < 4.78 is 15.7. The Kier molecular flexibility index (Phi) is 5.66. The molecule has 3 rings (SSSR count). The normalized spacial score (nSPS) is 11.0. The lowest BCUT2D eigenvalue weighted by atomic mass is 10.2. The minimum absolute atomic E-state index is 0.00580. The number of carbonyl (C=O) groups is 1. The van der Waals surface area contributed by atoms with Gasteiger partial charge in [0.15, 0.2) is 0 Å². The molecule has 0 saturated heterocycles. The van der Waals surface area contributed by atoms with Gasteiger partial charge >= 0.3 is 0 Å². The molecule has 3 aromatic rings. The van der Waals surface area contributed by atoms with E-state index in [4.69, 9.17) is 0 Å². The first-order valence-electron chi connectivity index (χ1n) is 9.13. The van der Waals surface area contributed by atoms with Gasteiger partial charge in [0, 0.05) is 18.7 Å². The Morgan fingerprint density at radius 3 is 2.58 bits per heavy atom. The molecule has 1 amide bonds. The third-order valence-corrected chi connectivity index (χ3v) is 4.37. The van der Waals surface area contributed by atoms with E-state index < -0.39 is 0 Å². The maximum Gasteiger partial charge on any atom is 0.254 e. The van der Waals surface area contributed by atoms with Crippen molar-refractivity contribution in [2.24, 2.45) is 0 Å². The van der Waals surface area contributed by atoms with E-state index in [0.29, 0.717) is 18.7 Å². The van der Waals surface area contributed by atoms with E-state index in [9.17, 15) is 9.18 Å². The van der Waals surface area contributed by atoms with Crippen LogP contribution in [0.25, 0.3) is 11.0 Å². The summed E-state index contributed by atoms with van der Waals surface area (Å²) in [5.74, 6) is 0.519. The lowest BCUT2D eigenvalue weighted by Crippen LogP contribution is -2.32. The Morgan fingerprint density at radius 1 is 1.12 bits per heavy atom. The van der Waals surface area contributed by atoms with Gasteiger partial charge in [-0.3, -0.25) is 4.79 Å². The van der Waals surface area contributed by atoms with E-state index in [1.807, 2.05) is 39.8 Å². The lowest BCUT2D eigenvalue weighted by molar-refractivity contribution is 0.0737. The average Bonchev–Trinajstić information content (AvgIpc) is 2.98. The number of carbonyl (C=O) groups excluding carboxylic acids is 1. The van der Waals surface area contributed by atoms with Gasteiger partial charge in [-0.2, -0.15) is 0 Å². The van der Waals surface area contributed by atoms with Gasteiger partial charge in [0.05, 0.1) is 17.6 Å². The van der Waals surface area contributed by atoms with Gasteiger partial charge < -0.3 is 9.47 Å². The summed E-state index contributed by atoms with van der Waals surface area (Å²) in [6.45, 7) is 5.94. The minimum atomic E-state index is -0.271. The highest BCUT2D eigenvalue weighted by molar-refractivity contribution is 5.94. The van der Waals surface area contributed by atoms with Gasteiger partial charge in [0.1, 0.15) is 11.6 Å². The topological polar surface area (TPSA) is 38.1 Å². The highest BCUT2D eigenvalue weighted by Crippen LogP contribution is 2.20. The van der Waals surface area contributed by atoms with Crippen LogP contribution in [0.2, 0.25) is 0 Å². The van der Waals surface area contributed by atoms with Crippen molar-refractivity contribution in [3.63, 3.8) is 0 Å². The van der Waals surface area contributed by atoms with Gasteiger partial charge in [0.25, 0.3) is 5.91 Å². The van der Waals surface area contributed by atoms with Crippen LogP contribution in [0, 0.1) is 5.82 Å². The Hall–Kier alpha value is -2.69. The molecule has 0 N–H and O–H groups in total. The predicted octanol–water partition coefficient (Wildman–Crippen LogP) is 4.64. The molecular formula is C21H24FN3O. The number of hydrogen-bond donors (Lipinski definition) is 0. The van der Waals surface area contributed by atoms with Crippen molar-refractivity contribution in [3.05, 3.63) is 65.7 Å². The zero-order valence-corrected chi connectivity index (χ0v) is 15.3. The van der Waals surface area contributed by atoms with E-state index >= 15 is 0 Å². The number of nitrogens with zero attached hydrogens (tertiary/aromatic N) is 3. The number of rotatable bonds is 7. The Morgan fingerprint density at radius 2 is 1.88 bits per heavy atom. The van der Waals surface area contributed by atoms with Crippen molar-refractivity contribution in [3.8, 4) is 0 Å². The monoisotopic (exact) mass is 353 g/mol. The second-order valence-corrected chi connectivity index (χ2v) is 6.41. The largest absolute Gasteiger partial charge is 0.331 e. The Bertz CT molecular complexity index is 889. The molecule has 1 aromatic heterocycles. The number of amides is 1. The number of hydrogen-bond acceptors (Lipinski definition) is 2. The summed E-state index contributed by atoms with van der Waals surface area (Å²) in [5.41, 5.74) is 2.22. The van der Waals surface area contributed by atoms with Crippen LogP contribution >= 0.6 is 0 Å². The van der Waals surface area contributed by atoms with Crippen LogP contribution in [0.5, 0.6) is 0 Å². The SMILES string of the molecule is CCCN(Cc1nc2ccc(F)cc2n1CCC)C(=O)c1ccccc1. The van der Waals surface area contributed by atoms with Crippen molar-refractivity contribution < 1.29 is 9.18 Å². The molecule has 136 valence electrons. The molecule has 4 nitrogen and oxygen atoms in total. The van der Waals surface area contributed by atoms with Crippen molar-refractivity contribution in [1.29, 1.82) is 0 Å². The fraction of sp³-hybridized carbons (Fsp3) is 0.333. The van der Waals surface area contributed by atoms with Crippen LogP contribution in [0.4, 0.5) is 4.39 Å². The van der Waals surface area contributed by atoms with E-state index in [2.05, 4.69) is 18.8 Å². The van der Waals surface area contributed by atoms with E-state index in [1.54, 1.807) is 6.07 Å². The molecule has 0 aliphatic rings. The van der Waals surface area contributed by atoms with Crippen LogP contribution in [0.1, 0.15) is 42.9 Å². The van der Waals surface area contributed by atoms with Crippen LogP contribution in [0.3, 0.4) is 0 Å². The molecule has 26 heavy (non-hydrogen) atoms. The summed E-state index contributed by atoms with van der Waals surface area (Å²) in [6.07, 6.45) is 1.77. The van der Waals surface area contributed by atoms with Crippen LogP contribution in [-0.2, 0) is 13.1 Å². The third-order valence-electron chi connectivity index (χ3n) is 4.37. The molecule has 0 bridgehead atoms. The number of aromatic nitrogens is 2. The molecule has 1 heterocycles. The number of benzene rings is 2. The molecule has 2 aromatic carbocycles. The fourth-order valence-electron chi connectivity index (χ4n) is 3.20.